The predicted octanol–water partition coefficient (Wildman–Crippen LogP) is 4.69. The lowest BCUT2D eigenvalue weighted by Gasteiger charge is -2.51. The van der Waals surface area contributed by atoms with Crippen molar-refractivity contribution < 1.29 is 56.3 Å². The maximum atomic E-state index is 15.3. The van der Waals surface area contributed by atoms with Gasteiger partial charge in [-0.1, -0.05) is 54.1 Å². The fourth-order valence-electron chi connectivity index (χ4n) is 8.55. The highest BCUT2D eigenvalue weighted by Gasteiger charge is 2.77. The monoisotopic (exact) mass is 770 g/mol. The SMILES string of the molecule is O=C1[C@H]2[C@H](CC=C3[C@H]2C[C@@]2(Cl)C(=O)N(c4c(F)c(F)c(F)c(F)c4F)C(=O)[C@@]2(Cl)[C@H]3c2c(O)ccc3ccccc23)C(=O)N1c1cccc(B(O)O)c1. The number of benzene rings is 4. The molecule has 53 heavy (non-hydrogen) atoms. The van der Waals surface area contributed by atoms with E-state index >= 15 is 8.78 Å². The number of nitrogens with zero attached hydrogens (tertiary/aromatic N) is 2. The molecule has 270 valence electrons. The quantitative estimate of drug-likeness (QED) is 0.0522. The molecule has 0 radical (unpaired) electrons. The van der Waals surface area contributed by atoms with Crippen LogP contribution >= 0.6 is 23.2 Å². The van der Waals surface area contributed by atoms with Gasteiger partial charge in [0.1, 0.15) is 11.4 Å². The zero-order valence-corrected chi connectivity index (χ0v) is 28.2. The fraction of sp³-hybridized carbons (Fsp3) is 0.222. The van der Waals surface area contributed by atoms with Crippen molar-refractivity contribution in [2.45, 2.75) is 28.5 Å². The number of amides is 4. The van der Waals surface area contributed by atoms with Crippen LogP contribution in [0.2, 0.25) is 0 Å². The van der Waals surface area contributed by atoms with Gasteiger partial charge in [0, 0.05) is 11.5 Å². The van der Waals surface area contributed by atoms with E-state index in [-0.39, 0.29) is 39.0 Å². The Balaban J connectivity index is 1.36. The second-order valence-corrected chi connectivity index (χ2v) is 14.6. The average molecular weight is 771 g/mol. The molecule has 2 aliphatic heterocycles. The summed E-state index contributed by atoms with van der Waals surface area (Å²) in [6, 6.07) is 14.6. The van der Waals surface area contributed by atoms with E-state index in [0.717, 1.165) is 4.90 Å². The third kappa shape index (κ3) is 4.51. The average Bonchev–Trinajstić information content (AvgIpc) is 3.48. The summed E-state index contributed by atoms with van der Waals surface area (Å²) >= 11 is 14.4. The summed E-state index contributed by atoms with van der Waals surface area (Å²) in [5.41, 5.74) is -1.87. The van der Waals surface area contributed by atoms with Gasteiger partial charge in [0.05, 0.1) is 17.5 Å². The van der Waals surface area contributed by atoms with Crippen molar-refractivity contribution in [3.05, 3.63) is 107 Å². The van der Waals surface area contributed by atoms with Crippen LogP contribution < -0.4 is 15.3 Å². The van der Waals surface area contributed by atoms with E-state index in [9.17, 15) is 47.5 Å². The number of carbonyl (C=O) groups is 4. The minimum absolute atomic E-state index is 0.00232. The lowest BCUT2D eigenvalue weighted by molar-refractivity contribution is -0.125. The topological polar surface area (TPSA) is 135 Å². The van der Waals surface area contributed by atoms with Crippen LogP contribution in [0.4, 0.5) is 33.3 Å². The summed E-state index contributed by atoms with van der Waals surface area (Å²) in [6.45, 7) is 0. The second kappa shape index (κ2) is 11.8. The Morgan fingerprint density at radius 1 is 0.755 bits per heavy atom. The van der Waals surface area contributed by atoms with Gasteiger partial charge >= 0.3 is 7.12 Å². The highest BCUT2D eigenvalue weighted by molar-refractivity contribution is 6.59. The van der Waals surface area contributed by atoms with Crippen molar-refractivity contribution in [2.75, 3.05) is 9.80 Å². The number of phenols is 1. The van der Waals surface area contributed by atoms with E-state index in [4.69, 9.17) is 23.2 Å². The van der Waals surface area contributed by atoms with Gasteiger partial charge in [-0.3, -0.25) is 24.1 Å². The summed E-state index contributed by atoms with van der Waals surface area (Å²) < 4.78 is 73.9. The summed E-state index contributed by atoms with van der Waals surface area (Å²) in [4.78, 5) is 52.3. The van der Waals surface area contributed by atoms with Gasteiger partial charge in [0.2, 0.25) is 17.6 Å². The first-order valence-electron chi connectivity index (χ1n) is 16.1. The molecule has 6 atom stereocenters. The molecule has 4 aromatic rings. The Kier molecular flexibility index (Phi) is 7.87. The largest absolute Gasteiger partial charge is 0.508 e. The van der Waals surface area contributed by atoms with Crippen LogP contribution in [0, 0.1) is 46.8 Å². The molecule has 4 aromatic carbocycles. The molecule has 17 heteroatoms. The second-order valence-electron chi connectivity index (χ2n) is 13.4. The molecule has 0 unspecified atom stereocenters. The van der Waals surface area contributed by atoms with Crippen molar-refractivity contribution in [1.82, 2.24) is 0 Å². The molecule has 9 nitrogen and oxygen atoms in total. The molecule has 2 saturated heterocycles. The van der Waals surface area contributed by atoms with E-state index in [2.05, 4.69) is 0 Å². The first kappa shape index (κ1) is 35.2. The molecule has 8 rings (SSSR count). The molecule has 0 spiro atoms. The third-order valence-electron chi connectivity index (χ3n) is 10.9. The zero-order chi connectivity index (χ0) is 38.0. The smallest absolute Gasteiger partial charge is 0.488 e. The minimum atomic E-state index is -2.82. The number of halogens is 7. The summed E-state index contributed by atoms with van der Waals surface area (Å²) in [7, 11) is -1.94. The third-order valence-corrected chi connectivity index (χ3v) is 12.3. The number of anilines is 2. The normalized spacial score (nSPS) is 28.0. The molecular formula is C36H22BCl2F5N2O7. The number of hydrogen-bond donors (Lipinski definition) is 3. The number of alkyl halides is 2. The highest BCUT2D eigenvalue weighted by atomic mass is 35.5. The van der Waals surface area contributed by atoms with Gasteiger partial charge in [-0.15, -0.1) is 23.2 Å². The van der Waals surface area contributed by atoms with Crippen molar-refractivity contribution >= 4 is 81.6 Å². The Labute approximate surface area is 305 Å². The van der Waals surface area contributed by atoms with Gasteiger partial charge < -0.3 is 15.2 Å². The van der Waals surface area contributed by atoms with Crippen LogP contribution in [-0.4, -0.2) is 55.7 Å². The summed E-state index contributed by atoms with van der Waals surface area (Å²) in [5, 5.41) is 31.7. The van der Waals surface area contributed by atoms with Crippen LogP contribution in [0.15, 0.2) is 72.3 Å². The summed E-state index contributed by atoms with van der Waals surface area (Å²) in [5.74, 6) is -23.0. The van der Waals surface area contributed by atoms with Crippen molar-refractivity contribution in [3.8, 4) is 5.75 Å². The number of hydrogen-bond acceptors (Lipinski definition) is 7. The van der Waals surface area contributed by atoms with Crippen LogP contribution in [0.25, 0.3) is 10.8 Å². The van der Waals surface area contributed by atoms with Crippen molar-refractivity contribution in [2.24, 2.45) is 17.8 Å². The zero-order valence-electron chi connectivity index (χ0n) is 26.7. The number of fused-ring (bicyclic) bond motifs is 5. The minimum Gasteiger partial charge on any atom is -0.508 e. The molecule has 2 heterocycles. The van der Waals surface area contributed by atoms with Gasteiger partial charge in [-0.2, -0.15) is 0 Å². The molecular weight excluding hydrogens is 749 g/mol. The van der Waals surface area contributed by atoms with E-state index in [0.29, 0.717) is 5.39 Å². The number of carbonyl (C=O) groups excluding carboxylic acids is 4. The van der Waals surface area contributed by atoms with Crippen LogP contribution in [0.5, 0.6) is 5.75 Å². The molecule has 0 bridgehead atoms. The lowest BCUT2D eigenvalue weighted by atomic mass is 9.56. The number of aromatic hydroxyl groups is 1. The van der Waals surface area contributed by atoms with Gasteiger partial charge in [-0.05, 0) is 53.2 Å². The maximum absolute atomic E-state index is 15.3. The van der Waals surface area contributed by atoms with E-state index in [1.165, 1.54) is 42.5 Å². The standard InChI is InChI=1S/C36H22BCl2F5N2O7/c38-35-13-20-18(9-10-19-22(20)32(49)45(31(19)48)16-6-3-5-15(12-16)37(52)53)24(23-17-7-2-1-4-14(17)8-11-21(23)47)36(35,39)34(51)46(33(35)50)30-28(43)26(41)25(40)27(42)29(30)44/h1-9,11-12,19-20,22,24,47,52-53H,10,13H2/t19-,20+,22-,24+,35+,36-/m0/s1. The molecule has 4 aliphatic rings. The van der Waals surface area contributed by atoms with Crippen LogP contribution in [0.1, 0.15) is 24.3 Å². The van der Waals surface area contributed by atoms with Crippen LogP contribution in [-0.2, 0) is 19.2 Å². The highest BCUT2D eigenvalue weighted by Crippen LogP contribution is 2.67. The van der Waals surface area contributed by atoms with E-state index in [1.807, 2.05) is 0 Å². The molecule has 4 amide bonds. The predicted molar refractivity (Wildman–Crippen MR) is 181 cm³/mol. The van der Waals surface area contributed by atoms with Crippen LogP contribution in [0.3, 0.4) is 0 Å². The number of phenolic OH excluding ortho intramolecular Hbond substituents is 1. The molecule has 3 N–H and O–H groups in total. The Hall–Kier alpha value is -4.83. The molecule has 2 aliphatic carbocycles. The number of rotatable bonds is 4. The van der Waals surface area contributed by atoms with Crippen molar-refractivity contribution in [1.29, 1.82) is 0 Å². The number of allylic oxidation sites excluding steroid dienone is 2. The Bertz CT molecular complexity index is 2370. The molecule has 0 aromatic heterocycles. The molecule has 3 fully saturated rings. The van der Waals surface area contributed by atoms with E-state index < -0.39 is 111 Å². The van der Waals surface area contributed by atoms with Gasteiger partial charge in [-0.25, -0.2) is 26.9 Å². The maximum Gasteiger partial charge on any atom is 0.488 e. The van der Waals surface area contributed by atoms with Crippen molar-refractivity contribution in [3.63, 3.8) is 0 Å². The Morgan fingerprint density at radius 3 is 2.09 bits per heavy atom. The van der Waals surface area contributed by atoms with E-state index in [1.54, 1.807) is 24.3 Å². The first-order chi connectivity index (χ1) is 25.1. The molecule has 1 saturated carbocycles. The fourth-order valence-corrected chi connectivity index (χ4v) is 9.47. The summed E-state index contributed by atoms with van der Waals surface area (Å²) in [6.07, 6.45) is 0.652. The van der Waals surface area contributed by atoms with Gasteiger partial charge in [0.25, 0.3) is 11.8 Å². The van der Waals surface area contributed by atoms with Gasteiger partial charge in [0.15, 0.2) is 33.0 Å². The first-order valence-corrected chi connectivity index (χ1v) is 16.8. The Morgan fingerprint density at radius 2 is 1.42 bits per heavy atom. The number of imide groups is 2. The lowest BCUT2D eigenvalue weighted by Crippen LogP contribution is -2.60.